The first-order valence-electron chi connectivity index (χ1n) is 8.00. The largest absolute Gasteiger partial charge is 0.495 e. The molecule has 0 radical (unpaired) electrons. The van der Waals surface area contributed by atoms with Crippen molar-refractivity contribution in [1.29, 1.82) is 5.41 Å². The van der Waals surface area contributed by atoms with Gasteiger partial charge >= 0.3 is 0 Å². The number of carbonyl (C=O) groups is 1. The van der Waals surface area contributed by atoms with Crippen molar-refractivity contribution < 1.29 is 18.3 Å². The summed E-state index contributed by atoms with van der Waals surface area (Å²) >= 11 is 0. The molecule has 1 heterocycles. The fraction of sp³-hybridized carbons (Fsp3) is 0.105. The molecule has 3 N–H and O–H groups in total. The summed E-state index contributed by atoms with van der Waals surface area (Å²) in [5.41, 5.74) is 1.90. The van der Waals surface area contributed by atoms with E-state index in [9.17, 15) is 13.6 Å². The minimum absolute atomic E-state index is 0.105. The molecule has 8 heteroatoms. The van der Waals surface area contributed by atoms with Gasteiger partial charge in [-0.3, -0.25) is 9.89 Å². The van der Waals surface area contributed by atoms with E-state index in [-0.39, 0.29) is 12.5 Å². The molecule has 3 aromatic rings. The first-order chi connectivity index (χ1) is 13.0. The molecule has 0 aliphatic heterocycles. The van der Waals surface area contributed by atoms with Gasteiger partial charge in [0.1, 0.15) is 5.75 Å². The molecule has 1 amide bonds. The van der Waals surface area contributed by atoms with Crippen LogP contribution in [0, 0.1) is 17.0 Å². The van der Waals surface area contributed by atoms with E-state index in [4.69, 9.17) is 10.1 Å². The number of hydrogen-bond acceptors (Lipinski definition) is 4. The van der Waals surface area contributed by atoms with Crippen LogP contribution in [0.25, 0.3) is 23.1 Å². The molecule has 2 aromatic carbocycles. The highest BCUT2D eigenvalue weighted by Gasteiger charge is 2.18. The number of carbonyl (C=O) groups excluding carboxylic acids is 1. The Bertz CT molecular complexity index is 1040. The van der Waals surface area contributed by atoms with Crippen LogP contribution in [0.5, 0.6) is 5.75 Å². The van der Waals surface area contributed by atoms with Gasteiger partial charge in [-0.05, 0) is 35.9 Å². The highest BCUT2D eigenvalue weighted by Crippen LogP contribution is 2.32. The van der Waals surface area contributed by atoms with Gasteiger partial charge in [-0.2, -0.15) is 5.10 Å². The van der Waals surface area contributed by atoms with Crippen molar-refractivity contribution >= 4 is 35.2 Å². The molecule has 0 spiro atoms. The predicted octanol–water partition coefficient (Wildman–Crippen LogP) is 3.40. The minimum atomic E-state index is -0.938. The number of methoxy groups -OCH3 is 1. The molecule has 0 saturated carbocycles. The molecule has 3 rings (SSSR count). The lowest BCUT2D eigenvalue weighted by Gasteiger charge is -2.09. The number of nitrogens with one attached hydrogen (secondary N) is 3. The number of ether oxygens (including phenoxy) is 1. The molecular weight excluding hydrogens is 354 g/mol. The SMILES string of the molecule is COc1c(C(=O)NCC=N)ccc2[nH]nc(/C=C/c3ccc(F)c(F)c3)c12. The average molecular weight is 370 g/mol. The summed E-state index contributed by atoms with van der Waals surface area (Å²) in [6, 6.07) is 6.86. The Morgan fingerprint density at radius 3 is 2.78 bits per heavy atom. The molecular formula is C19H16F2N4O2. The molecule has 0 unspecified atom stereocenters. The van der Waals surface area contributed by atoms with Crippen molar-refractivity contribution in [3.63, 3.8) is 0 Å². The van der Waals surface area contributed by atoms with E-state index >= 15 is 0 Å². The number of nitrogens with zero attached hydrogens (tertiary/aromatic N) is 1. The molecule has 0 fully saturated rings. The van der Waals surface area contributed by atoms with Crippen LogP contribution in [0.15, 0.2) is 30.3 Å². The fourth-order valence-corrected chi connectivity index (χ4v) is 2.65. The number of rotatable bonds is 6. The first-order valence-corrected chi connectivity index (χ1v) is 8.00. The van der Waals surface area contributed by atoms with Gasteiger partial charge in [0.25, 0.3) is 5.91 Å². The summed E-state index contributed by atoms with van der Waals surface area (Å²) in [5.74, 6) is -1.91. The van der Waals surface area contributed by atoms with Crippen LogP contribution in [-0.2, 0) is 0 Å². The van der Waals surface area contributed by atoms with Crippen LogP contribution in [0.1, 0.15) is 21.6 Å². The summed E-state index contributed by atoms with van der Waals surface area (Å²) in [6.45, 7) is 0.105. The van der Waals surface area contributed by atoms with Crippen LogP contribution >= 0.6 is 0 Å². The second kappa shape index (κ2) is 7.77. The minimum Gasteiger partial charge on any atom is -0.495 e. The van der Waals surface area contributed by atoms with Crippen LogP contribution in [0.3, 0.4) is 0 Å². The topological polar surface area (TPSA) is 90.9 Å². The lowest BCUT2D eigenvalue weighted by molar-refractivity contribution is 0.0957. The van der Waals surface area contributed by atoms with E-state index in [0.29, 0.717) is 33.5 Å². The molecule has 6 nitrogen and oxygen atoms in total. The van der Waals surface area contributed by atoms with Crippen molar-refractivity contribution in [3.8, 4) is 5.75 Å². The second-order valence-corrected chi connectivity index (χ2v) is 5.60. The molecule has 138 valence electrons. The zero-order valence-corrected chi connectivity index (χ0v) is 14.3. The van der Waals surface area contributed by atoms with Gasteiger partial charge in [-0.1, -0.05) is 12.1 Å². The lowest BCUT2D eigenvalue weighted by atomic mass is 10.1. The van der Waals surface area contributed by atoms with Crippen LogP contribution in [0.2, 0.25) is 0 Å². The maximum atomic E-state index is 13.3. The van der Waals surface area contributed by atoms with Crippen molar-refractivity contribution in [3.05, 3.63) is 58.8 Å². The van der Waals surface area contributed by atoms with Crippen molar-refractivity contribution in [2.45, 2.75) is 0 Å². The Labute approximate surface area is 153 Å². The lowest BCUT2D eigenvalue weighted by Crippen LogP contribution is -2.25. The Balaban J connectivity index is 2.03. The smallest absolute Gasteiger partial charge is 0.255 e. The fourth-order valence-electron chi connectivity index (χ4n) is 2.65. The van der Waals surface area contributed by atoms with Crippen LogP contribution in [-0.4, -0.2) is 36.0 Å². The third-order valence-corrected chi connectivity index (χ3v) is 3.90. The summed E-state index contributed by atoms with van der Waals surface area (Å²) < 4.78 is 31.8. The van der Waals surface area contributed by atoms with Crippen molar-refractivity contribution in [2.75, 3.05) is 13.7 Å². The Morgan fingerprint density at radius 1 is 1.26 bits per heavy atom. The zero-order valence-electron chi connectivity index (χ0n) is 14.3. The van der Waals surface area contributed by atoms with Gasteiger partial charge in [0, 0.05) is 6.21 Å². The van der Waals surface area contributed by atoms with Gasteiger partial charge in [0.2, 0.25) is 0 Å². The number of hydrogen-bond donors (Lipinski definition) is 3. The zero-order chi connectivity index (χ0) is 19.4. The van der Waals surface area contributed by atoms with Gasteiger partial charge in [0.05, 0.1) is 35.8 Å². The highest BCUT2D eigenvalue weighted by atomic mass is 19.2. The monoisotopic (exact) mass is 370 g/mol. The Hall–Kier alpha value is -3.55. The quantitative estimate of drug-likeness (QED) is 0.581. The van der Waals surface area contributed by atoms with Gasteiger partial charge in [-0.15, -0.1) is 0 Å². The molecule has 0 bridgehead atoms. The van der Waals surface area contributed by atoms with Crippen molar-refractivity contribution in [2.24, 2.45) is 0 Å². The summed E-state index contributed by atoms with van der Waals surface area (Å²) in [4.78, 5) is 12.3. The maximum absolute atomic E-state index is 13.3. The Morgan fingerprint density at radius 2 is 2.07 bits per heavy atom. The summed E-state index contributed by atoms with van der Waals surface area (Å²) in [5, 5.41) is 17.2. The number of H-pyrrole nitrogens is 1. The number of fused-ring (bicyclic) bond motifs is 1. The molecule has 0 aliphatic rings. The van der Waals surface area contributed by atoms with E-state index in [1.54, 1.807) is 24.3 Å². The predicted molar refractivity (Wildman–Crippen MR) is 99.0 cm³/mol. The number of aromatic amines is 1. The van der Waals surface area contributed by atoms with Gasteiger partial charge in [-0.25, -0.2) is 8.78 Å². The standard InChI is InChI=1S/C19H16F2N4O2/c1-27-18-12(19(26)23-9-8-22)4-7-16-17(18)15(24-25-16)6-3-11-2-5-13(20)14(21)10-11/h2-8,10,22H,9H2,1H3,(H,23,26)(H,24,25)/b6-3+,22-8?. The van der Waals surface area contributed by atoms with E-state index in [0.717, 1.165) is 18.3 Å². The van der Waals surface area contributed by atoms with Crippen LogP contribution < -0.4 is 10.1 Å². The van der Waals surface area contributed by atoms with Crippen LogP contribution in [0.4, 0.5) is 8.78 Å². The normalized spacial score (nSPS) is 11.1. The number of aromatic nitrogens is 2. The molecule has 1 aromatic heterocycles. The highest BCUT2D eigenvalue weighted by molar-refractivity contribution is 6.05. The Kier molecular flexibility index (Phi) is 5.25. The molecule has 27 heavy (non-hydrogen) atoms. The third-order valence-electron chi connectivity index (χ3n) is 3.90. The number of amides is 1. The summed E-state index contributed by atoms with van der Waals surface area (Å²) in [6.07, 6.45) is 4.28. The van der Waals surface area contributed by atoms with Gasteiger partial charge < -0.3 is 15.5 Å². The molecule has 0 saturated heterocycles. The van der Waals surface area contributed by atoms with E-state index in [1.807, 2.05) is 0 Å². The first kappa shape index (κ1) is 18.2. The van der Waals surface area contributed by atoms with Gasteiger partial charge in [0.15, 0.2) is 11.6 Å². The number of halogens is 2. The molecule has 0 atom stereocenters. The third kappa shape index (κ3) is 3.69. The average Bonchev–Trinajstić information content (AvgIpc) is 3.09. The van der Waals surface area contributed by atoms with E-state index in [2.05, 4.69) is 15.5 Å². The summed E-state index contributed by atoms with van der Waals surface area (Å²) in [7, 11) is 1.44. The number of benzene rings is 2. The van der Waals surface area contributed by atoms with E-state index < -0.39 is 11.6 Å². The second-order valence-electron chi connectivity index (χ2n) is 5.60. The maximum Gasteiger partial charge on any atom is 0.255 e. The molecule has 0 aliphatic carbocycles. The van der Waals surface area contributed by atoms with E-state index in [1.165, 1.54) is 13.2 Å². The van der Waals surface area contributed by atoms with Crippen molar-refractivity contribution in [1.82, 2.24) is 15.5 Å².